The maximum atomic E-state index is 13.0. The van der Waals surface area contributed by atoms with Crippen LogP contribution in [0.2, 0.25) is 0 Å². The highest BCUT2D eigenvalue weighted by Gasteiger charge is 2.49. The molecule has 36 heavy (non-hydrogen) atoms. The second-order valence-corrected chi connectivity index (χ2v) is 13.0. The summed E-state index contributed by atoms with van der Waals surface area (Å²) in [5, 5.41) is -0.0818. The highest BCUT2D eigenvalue weighted by atomic mass is 32.2. The van der Waals surface area contributed by atoms with E-state index in [4.69, 9.17) is 13.6 Å². The highest BCUT2D eigenvalue weighted by molar-refractivity contribution is 7.93. The summed E-state index contributed by atoms with van der Waals surface area (Å²) in [6.45, 7) is -2.41. The fourth-order valence-corrected chi connectivity index (χ4v) is 8.30. The Morgan fingerprint density at radius 1 is 1.08 bits per heavy atom. The number of H-pyrrole nitrogens is 1. The van der Waals surface area contributed by atoms with Crippen molar-refractivity contribution >= 4 is 26.6 Å². The monoisotopic (exact) mass is 512 g/mol. The normalized spacial score (nSPS) is 31.0. The lowest BCUT2D eigenvalue weighted by Gasteiger charge is -2.53. The first-order chi connectivity index (χ1) is 18.6. The Balaban J connectivity index is 1.35. The minimum absolute atomic E-state index is 0.0569. The third kappa shape index (κ3) is 3.58. The van der Waals surface area contributed by atoms with Gasteiger partial charge in [0.25, 0.3) is 5.56 Å². The maximum Gasteiger partial charge on any atom is 0.274 e. The van der Waals surface area contributed by atoms with Crippen molar-refractivity contribution in [3.05, 3.63) is 47.0 Å². The van der Waals surface area contributed by atoms with Crippen LogP contribution in [0.5, 0.6) is 5.75 Å². The van der Waals surface area contributed by atoms with Crippen molar-refractivity contribution in [1.29, 1.82) is 0 Å². The SMILES string of the molecule is [2H]C([2H])([2H])n1cc(-c2cc(NS(=O)(=O)C3COC3)ccc2OC2C3CC4CC(C3)CC2C4)c2cc[nH]c2c1=O. The average molecular weight is 513 g/mol. The second-order valence-electron chi connectivity index (χ2n) is 11.0. The first kappa shape index (κ1) is 19.3. The molecule has 0 spiro atoms. The number of ether oxygens (including phenoxy) is 2. The lowest BCUT2D eigenvalue weighted by atomic mass is 9.55. The standard InChI is InChI=1S/C27H31N3O5S/c1-30-12-23(21-4-5-28-25(21)27(30)31)22-11-19(29-36(32,33)20-13-34-14-20)2-3-24(22)35-26-17-7-15-6-16(9-17)10-18(26)8-15/h2-5,11-12,15-18,20,26,28-29H,6-10,13-14H2,1H3/i1D3. The summed E-state index contributed by atoms with van der Waals surface area (Å²) >= 11 is 0. The smallest absolute Gasteiger partial charge is 0.274 e. The number of anilines is 1. The Morgan fingerprint density at radius 2 is 1.83 bits per heavy atom. The summed E-state index contributed by atoms with van der Waals surface area (Å²) in [6.07, 6.45) is 8.99. The van der Waals surface area contributed by atoms with E-state index in [1.165, 1.54) is 38.3 Å². The van der Waals surface area contributed by atoms with Crippen LogP contribution in [0.1, 0.15) is 36.2 Å². The van der Waals surface area contributed by atoms with Crippen molar-refractivity contribution in [3.8, 4) is 16.9 Å². The molecule has 9 heteroatoms. The van der Waals surface area contributed by atoms with E-state index in [0.717, 1.165) is 16.4 Å². The number of benzene rings is 1. The number of aryl methyl sites for hydroxylation is 1. The van der Waals surface area contributed by atoms with Gasteiger partial charge in [-0.3, -0.25) is 9.52 Å². The van der Waals surface area contributed by atoms with Gasteiger partial charge in [-0.2, -0.15) is 0 Å². The van der Waals surface area contributed by atoms with Crippen molar-refractivity contribution in [2.24, 2.45) is 30.6 Å². The highest BCUT2D eigenvalue weighted by Crippen LogP contribution is 2.55. The number of fused-ring (bicyclic) bond motifs is 1. The van der Waals surface area contributed by atoms with E-state index >= 15 is 0 Å². The van der Waals surface area contributed by atoms with Crippen LogP contribution in [0.3, 0.4) is 0 Å². The number of hydrogen-bond acceptors (Lipinski definition) is 5. The fraction of sp³-hybridized carbons (Fsp3) is 0.519. The van der Waals surface area contributed by atoms with Gasteiger partial charge in [-0.15, -0.1) is 0 Å². The van der Waals surface area contributed by atoms with Gasteiger partial charge in [0.1, 0.15) is 22.6 Å². The van der Waals surface area contributed by atoms with E-state index in [9.17, 15) is 13.2 Å². The summed E-state index contributed by atoms with van der Waals surface area (Å²) in [5.41, 5.74) is 0.876. The molecule has 190 valence electrons. The zero-order valence-electron chi connectivity index (χ0n) is 22.8. The average Bonchev–Trinajstić information content (AvgIpc) is 3.30. The maximum absolute atomic E-state index is 13.0. The summed E-state index contributed by atoms with van der Waals surface area (Å²) in [7, 11) is -3.67. The summed E-state index contributed by atoms with van der Waals surface area (Å²) in [6, 6.07) is 6.85. The van der Waals surface area contributed by atoms with Crippen molar-refractivity contribution < 1.29 is 22.0 Å². The molecular formula is C27H31N3O5S. The van der Waals surface area contributed by atoms with Gasteiger partial charge >= 0.3 is 0 Å². The summed E-state index contributed by atoms with van der Waals surface area (Å²) in [5.74, 6) is 3.08. The van der Waals surface area contributed by atoms with Gasteiger partial charge in [0.15, 0.2) is 0 Å². The van der Waals surface area contributed by atoms with Crippen LogP contribution < -0.4 is 15.0 Å². The van der Waals surface area contributed by atoms with Crippen molar-refractivity contribution in [1.82, 2.24) is 9.55 Å². The number of nitrogens with one attached hydrogen (secondary N) is 2. The lowest BCUT2D eigenvalue weighted by Crippen LogP contribution is -2.50. The van der Waals surface area contributed by atoms with Gasteiger partial charge in [-0.25, -0.2) is 8.42 Å². The van der Waals surface area contributed by atoms with Crippen LogP contribution in [0.15, 0.2) is 41.5 Å². The predicted molar refractivity (Wildman–Crippen MR) is 138 cm³/mol. The van der Waals surface area contributed by atoms with Gasteiger partial charge < -0.3 is 19.0 Å². The Bertz CT molecular complexity index is 1580. The molecule has 8 rings (SSSR count). The Labute approximate surface area is 214 Å². The van der Waals surface area contributed by atoms with Crippen molar-refractivity contribution in [2.45, 2.75) is 43.5 Å². The molecule has 0 atom stereocenters. The number of aromatic nitrogens is 2. The first-order valence-corrected chi connectivity index (χ1v) is 14.2. The van der Waals surface area contributed by atoms with E-state index in [2.05, 4.69) is 9.71 Å². The van der Waals surface area contributed by atoms with Gasteiger partial charge in [-0.1, -0.05) is 0 Å². The van der Waals surface area contributed by atoms with Crippen LogP contribution in [-0.2, 0) is 21.7 Å². The molecule has 5 fully saturated rings. The Morgan fingerprint density at radius 3 is 2.50 bits per heavy atom. The molecule has 0 amide bonds. The molecule has 4 aliphatic carbocycles. The lowest BCUT2D eigenvalue weighted by molar-refractivity contribution is -0.0787. The fourth-order valence-electron chi connectivity index (χ4n) is 7.12. The Kier molecular flexibility index (Phi) is 4.36. The van der Waals surface area contributed by atoms with Gasteiger partial charge in [0, 0.05) is 45.7 Å². The predicted octanol–water partition coefficient (Wildman–Crippen LogP) is 3.88. The number of nitrogens with zero attached hydrogens (tertiary/aromatic N) is 1. The molecule has 2 aromatic heterocycles. The van der Waals surface area contributed by atoms with Crippen molar-refractivity contribution in [3.63, 3.8) is 0 Å². The molecule has 4 bridgehead atoms. The number of aromatic amines is 1. The molecule has 0 radical (unpaired) electrons. The quantitative estimate of drug-likeness (QED) is 0.522. The van der Waals surface area contributed by atoms with Gasteiger partial charge in [-0.05, 0) is 80.0 Å². The second kappa shape index (κ2) is 8.11. The number of hydrogen-bond donors (Lipinski definition) is 2. The van der Waals surface area contributed by atoms with Crippen LogP contribution in [0, 0.1) is 23.7 Å². The topological polar surface area (TPSA) is 102 Å². The first-order valence-electron chi connectivity index (χ1n) is 14.2. The molecule has 5 aliphatic rings. The van der Waals surface area contributed by atoms with Crippen LogP contribution in [0.4, 0.5) is 5.69 Å². The van der Waals surface area contributed by atoms with E-state index in [1.807, 2.05) is 0 Å². The number of pyridine rings is 1. The van der Waals surface area contributed by atoms with E-state index in [0.29, 0.717) is 39.8 Å². The Hall–Kier alpha value is -2.78. The number of sulfonamides is 1. The van der Waals surface area contributed by atoms with Crippen LogP contribution in [0.25, 0.3) is 22.0 Å². The molecule has 3 aromatic rings. The zero-order valence-corrected chi connectivity index (χ0v) is 20.6. The summed E-state index contributed by atoms with van der Waals surface area (Å²) < 4.78 is 64.8. The van der Waals surface area contributed by atoms with Gasteiger partial charge in [0.05, 0.1) is 13.2 Å². The number of rotatable bonds is 6. The van der Waals surface area contributed by atoms with Crippen LogP contribution >= 0.6 is 0 Å². The largest absolute Gasteiger partial charge is 0.489 e. The third-order valence-corrected chi connectivity index (χ3v) is 10.4. The van der Waals surface area contributed by atoms with E-state index in [1.54, 1.807) is 30.5 Å². The third-order valence-electron chi connectivity index (χ3n) is 8.71. The molecule has 0 unspecified atom stereocenters. The van der Waals surface area contributed by atoms with E-state index in [-0.39, 0.29) is 24.8 Å². The molecular weight excluding hydrogens is 478 g/mol. The molecule has 1 saturated heterocycles. The molecule has 3 heterocycles. The molecule has 2 N–H and O–H groups in total. The van der Waals surface area contributed by atoms with Gasteiger partial charge in [0.2, 0.25) is 10.0 Å². The minimum Gasteiger partial charge on any atom is -0.489 e. The summed E-state index contributed by atoms with van der Waals surface area (Å²) in [4.78, 5) is 15.9. The van der Waals surface area contributed by atoms with Crippen LogP contribution in [-0.4, -0.2) is 42.5 Å². The van der Waals surface area contributed by atoms with E-state index < -0.39 is 27.8 Å². The molecule has 1 aliphatic heterocycles. The zero-order chi connectivity index (χ0) is 27.1. The minimum atomic E-state index is -3.67. The van der Waals surface area contributed by atoms with Crippen molar-refractivity contribution in [2.75, 3.05) is 17.9 Å². The molecule has 1 aromatic carbocycles. The molecule has 8 nitrogen and oxygen atoms in total. The molecule has 4 saturated carbocycles.